The zero-order valence-electron chi connectivity index (χ0n) is 13.2. The van der Waals surface area contributed by atoms with E-state index < -0.39 is 0 Å². The molecule has 0 aromatic heterocycles. The average Bonchev–Trinajstić information content (AvgIpc) is 2.72. The minimum atomic E-state index is -0.0921. The number of likely N-dealkylation sites (N-methyl/N-ethyl adjacent to an activating group) is 1. The van der Waals surface area contributed by atoms with Crippen LogP contribution in [0.25, 0.3) is 0 Å². The normalized spacial score (nSPS) is 32.9. The summed E-state index contributed by atoms with van der Waals surface area (Å²) < 4.78 is 5.64. The lowest BCUT2D eigenvalue weighted by Crippen LogP contribution is -2.68. The number of hydrogen-bond acceptors (Lipinski definition) is 4. The highest BCUT2D eigenvalue weighted by Gasteiger charge is 2.58. The van der Waals surface area contributed by atoms with Crippen molar-refractivity contribution in [2.24, 2.45) is 5.41 Å². The Labute approximate surface area is 121 Å². The number of imide groups is 1. The van der Waals surface area contributed by atoms with E-state index in [9.17, 15) is 9.59 Å². The van der Waals surface area contributed by atoms with Gasteiger partial charge in [-0.1, -0.05) is 13.8 Å². The van der Waals surface area contributed by atoms with Gasteiger partial charge in [-0.05, 0) is 20.4 Å². The Bertz CT molecular complexity index is 405. The number of ether oxygens (including phenoxy) is 1. The third-order valence-electron chi connectivity index (χ3n) is 5.59. The first-order chi connectivity index (χ1) is 9.23. The lowest BCUT2D eigenvalue weighted by Gasteiger charge is -2.61. The summed E-state index contributed by atoms with van der Waals surface area (Å²) in [5.74, 6) is -0.0593. The molecule has 0 N–H and O–H groups in total. The molecule has 5 heteroatoms. The Kier molecular flexibility index (Phi) is 3.95. The summed E-state index contributed by atoms with van der Waals surface area (Å²) in [5.41, 5.74) is -0.0270. The molecule has 2 rings (SSSR count). The van der Waals surface area contributed by atoms with Gasteiger partial charge in [0, 0.05) is 44.5 Å². The van der Waals surface area contributed by atoms with Crippen molar-refractivity contribution in [2.75, 3.05) is 27.2 Å². The topological polar surface area (TPSA) is 49.9 Å². The van der Waals surface area contributed by atoms with E-state index in [1.54, 1.807) is 7.11 Å². The van der Waals surface area contributed by atoms with Gasteiger partial charge in [-0.25, -0.2) is 0 Å². The number of amides is 2. The molecule has 2 amide bonds. The zero-order chi connectivity index (χ0) is 15.1. The number of likely N-dealkylation sites (tertiary alicyclic amines) is 1. The Balaban J connectivity index is 1.89. The van der Waals surface area contributed by atoms with Crippen LogP contribution in [0.15, 0.2) is 0 Å². The average molecular weight is 282 g/mol. The molecule has 2 aliphatic rings. The molecule has 1 aliphatic carbocycles. The van der Waals surface area contributed by atoms with Crippen molar-refractivity contribution in [2.45, 2.75) is 51.7 Å². The Hall–Kier alpha value is -0.940. The molecule has 1 saturated heterocycles. The Morgan fingerprint density at radius 1 is 1.25 bits per heavy atom. The van der Waals surface area contributed by atoms with Crippen molar-refractivity contribution in [1.29, 1.82) is 0 Å². The van der Waals surface area contributed by atoms with E-state index in [0.29, 0.717) is 25.4 Å². The standard InChI is InChI=1S/C15H26N2O3/c1-14(2)11(10-15(14,3)20-5)16(4)8-9-17-12(18)6-7-13(17)19/h11H,6-10H2,1-5H3/t11-,15-/m1/s1. The van der Waals surface area contributed by atoms with E-state index in [4.69, 9.17) is 4.74 Å². The van der Waals surface area contributed by atoms with Gasteiger partial charge in [-0.15, -0.1) is 0 Å². The van der Waals surface area contributed by atoms with E-state index in [1.165, 1.54) is 4.90 Å². The van der Waals surface area contributed by atoms with Crippen LogP contribution >= 0.6 is 0 Å². The Morgan fingerprint density at radius 3 is 2.25 bits per heavy atom. The van der Waals surface area contributed by atoms with Crippen LogP contribution in [0, 0.1) is 5.41 Å². The monoisotopic (exact) mass is 282 g/mol. The van der Waals surface area contributed by atoms with Crippen molar-refractivity contribution in [3.63, 3.8) is 0 Å². The first-order valence-electron chi connectivity index (χ1n) is 7.31. The van der Waals surface area contributed by atoms with E-state index >= 15 is 0 Å². The first kappa shape index (κ1) is 15.4. The van der Waals surface area contributed by atoms with Gasteiger partial charge < -0.3 is 9.64 Å². The van der Waals surface area contributed by atoms with Crippen molar-refractivity contribution < 1.29 is 14.3 Å². The molecule has 114 valence electrons. The summed E-state index contributed by atoms with van der Waals surface area (Å²) in [6.07, 6.45) is 1.73. The molecular weight excluding hydrogens is 256 g/mol. The maximum absolute atomic E-state index is 11.6. The molecule has 2 atom stereocenters. The molecule has 1 heterocycles. The van der Waals surface area contributed by atoms with Crippen LogP contribution in [-0.4, -0.2) is 60.5 Å². The van der Waals surface area contributed by atoms with E-state index in [-0.39, 0.29) is 22.8 Å². The molecule has 2 fully saturated rings. The van der Waals surface area contributed by atoms with E-state index in [1.807, 2.05) is 0 Å². The van der Waals surface area contributed by atoms with Crippen molar-refractivity contribution in [1.82, 2.24) is 9.80 Å². The molecule has 0 bridgehead atoms. The summed E-state index contributed by atoms with van der Waals surface area (Å²) >= 11 is 0. The van der Waals surface area contributed by atoms with Crippen LogP contribution < -0.4 is 0 Å². The molecule has 5 nitrogen and oxygen atoms in total. The summed E-state index contributed by atoms with van der Waals surface area (Å²) in [7, 11) is 3.83. The lowest BCUT2D eigenvalue weighted by molar-refractivity contribution is -0.206. The number of methoxy groups -OCH3 is 1. The maximum atomic E-state index is 11.6. The number of nitrogens with zero attached hydrogens (tertiary/aromatic N) is 2. The molecule has 20 heavy (non-hydrogen) atoms. The summed E-state index contributed by atoms with van der Waals surface area (Å²) in [5, 5.41) is 0. The zero-order valence-corrected chi connectivity index (χ0v) is 13.2. The van der Waals surface area contributed by atoms with Crippen LogP contribution in [0.4, 0.5) is 0 Å². The van der Waals surface area contributed by atoms with Gasteiger partial charge in [0.2, 0.25) is 11.8 Å². The quantitative estimate of drug-likeness (QED) is 0.713. The summed E-state index contributed by atoms with van der Waals surface area (Å²) in [4.78, 5) is 26.8. The fourth-order valence-corrected chi connectivity index (χ4v) is 3.45. The minimum Gasteiger partial charge on any atom is -0.378 e. The number of carbonyl (C=O) groups is 2. The molecule has 1 saturated carbocycles. The Morgan fingerprint density at radius 2 is 1.80 bits per heavy atom. The highest BCUT2D eigenvalue weighted by Crippen LogP contribution is 2.53. The highest BCUT2D eigenvalue weighted by atomic mass is 16.5. The fourth-order valence-electron chi connectivity index (χ4n) is 3.45. The van der Waals surface area contributed by atoms with Crippen LogP contribution in [0.2, 0.25) is 0 Å². The second-order valence-electron chi connectivity index (χ2n) is 6.80. The van der Waals surface area contributed by atoms with Crippen LogP contribution in [0.3, 0.4) is 0 Å². The van der Waals surface area contributed by atoms with E-state index in [2.05, 4.69) is 32.7 Å². The molecule has 0 aromatic rings. The predicted octanol–water partition coefficient (Wildman–Crippen LogP) is 1.27. The lowest BCUT2D eigenvalue weighted by atomic mass is 9.55. The van der Waals surface area contributed by atoms with Crippen molar-refractivity contribution >= 4 is 11.8 Å². The van der Waals surface area contributed by atoms with Gasteiger partial charge in [-0.2, -0.15) is 0 Å². The van der Waals surface area contributed by atoms with Gasteiger partial charge in [0.1, 0.15) is 0 Å². The molecule has 0 unspecified atom stereocenters. The minimum absolute atomic E-state index is 0.0296. The fraction of sp³-hybridized carbons (Fsp3) is 0.867. The maximum Gasteiger partial charge on any atom is 0.229 e. The third kappa shape index (κ3) is 2.27. The van der Waals surface area contributed by atoms with Gasteiger partial charge in [0.05, 0.1) is 5.60 Å². The SMILES string of the molecule is CO[C@]1(C)C[C@@H](N(C)CCN2C(=O)CCC2=O)C1(C)C. The molecular formula is C15H26N2O3. The number of carbonyl (C=O) groups excluding carboxylic acids is 2. The molecule has 0 spiro atoms. The largest absolute Gasteiger partial charge is 0.378 e. The predicted molar refractivity (Wildman–Crippen MR) is 76.2 cm³/mol. The van der Waals surface area contributed by atoms with Crippen LogP contribution in [0.1, 0.15) is 40.0 Å². The van der Waals surface area contributed by atoms with Crippen LogP contribution in [0.5, 0.6) is 0 Å². The second-order valence-corrected chi connectivity index (χ2v) is 6.80. The van der Waals surface area contributed by atoms with Crippen molar-refractivity contribution in [3.8, 4) is 0 Å². The van der Waals surface area contributed by atoms with Crippen LogP contribution in [-0.2, 0) is 14.3 Å². The highest BCUT2D eigenvalue weighted by molar-refractivity contribution is 6.01. The van der Waals surface area contributed by atoms with E-state index in [0.717, 1.165) is 13.0 Å². The number of hydrogen-bond donors (Lipinski definition) is 0. The van der Waals surface area contributed by atoms with Gasteiger partial charge in [0.25, 0.3) is 0 Å². The first-order valence-corrected chi connectivity index (χ1v) is 7.31. The van der Waals surface area contributed by atoms with Crippen molar-refractivity contribution in [3.05, 3.63) is 0 Å². The second kappa shape index (κ2) is 5.11. The third-order valence-corrected chi connectivity index (χ3v) is 5.59. The van der Waals surface area contributed by atoms with Gasteiger partial charge in [-0.3, -0.25) is 14.5 Å². The molecule has 0 radical (unpaired) electrons. The summed E-state index contributed by atoms with van der Waals surface area (Å²) in [6.45, 7) is 7.81. The number of rotatable bonds is 5. The van der Waals surface area contributed by atoms with Gasteiger partial charge >= 0.3 is 0 Å². The van der Waals surface area contributed by atoms with Gasteiger partial charge in [0.15, 0.2) is 0 Å². The molecule has 0 aromatic carbocycles. The molecule has 1 aliphatic heterocycles. The summed E-state index contributed by atoms with van der Waals surface area (Å²) in [6, 6.07) is 0.417. The smallest absolute Gasteiger partial charge is 0.229 e.